The second kappa shape index (κ2) is 6.55. The molecular formula is C10H17F2N3O. The minimum Gasteiger partial charge on any atom is -0.395 e. The summed E-state index contributed by atoms with van der Waals surface area (Å²) in [5.74, 6) is 0.859. The van der Waals surface area contributed by atoms with Gasteiger partial charge in [-0.25, -0.2) is 13.8 Å². The zero-order chi connectivity index (χ0) is 12.0. The molecule has 6 heteroatoms. The van der Waals surface area contributed by atoms with E-state index in [0.29, 0.717) is 13.0 Å². The lowest BCUT2D eigenvalue weighted by Gasteiger charge is -2.20. The normalized spacial score (nSPS) is 11.6. The largest absolute Gasteiger partial charge is 0.395 e. The summed E-state index contributed by atoms with van der Waals surface area (Å²) in [6, 6.07) is 0. The van der Waals surface area contributed by atoms with Gasteiger partial charge in [-0.15, -0.1) is 0 Å². The molecule has 0 amide bonds. The van der Waals surface area contributed by atoms with Crippen molar-refractivity contribution < 1.29 is 13.9 Å². The van der Waals surface area contributed by atoms with E-state index in [9.17, 15) is 8.78 Å². The Labute approximate surface area is 93.5 Å². The van der Waals surface area contributed by atoms with Crippen molar-refractivity contribution in [3.8, 4) is 0 Å². The molecule has 0 unspecified atom stereocenters. The molecule has 4 nitrogen and oxygen atoms in total. The summed E-state index contributed by atoms with van der Waals surface area (Å²) in [5.41, 5.74) is 0. The molecule has 0 aliphatic carbocycles. The fourth-order valence-corrected chi connectivity index (χ4v) is 1.53. The van der Waals surface area contributed by atoms with Crippen LogP contribution >= 0.6 is 0 Å². The van der Waals surface area contributed by atoms with Crippen LogP contribution in [0.5, 0.6) is 0 Å². The number of aromatic nitrogens is 2. The second-order valence-corrected chi connectivity index (χ2v) is 3.62. The van der Waals surface area contributed by atoms with Crippen LogP contribution in [0.2, 0.25) is 0 Å². The van der Waals surface area contributed by atoms with Crippen molar-refractivity contribution in [1.82, 2.24) is 14.5 Å². The Hall–Kier alpha value is -1.01. The molecule has 0 spiro atoms. The highest BCUT2D eigenvalue weighted by molar-refractivity contribution is 4.91. The van der Waals surface area contributed by atoms with Gasteiger partial charge in [-0.2, -0.15) is 0 Å². The Kier molecular flexibility index (Phi) is 5.34. The molecule has 1 aromatic rings. The number of aliphatic hydroxyl groups excluding tert-OH is 1. The van der Waals surface area contributed by atoms with E-state index >= 15 is 0 Å². The van der Waals surface area contributed by atoms with Crippen LogP contribution in [0, 0.1) is 0 Å². The number of imidazole rings is 1. The SMILES string of the molecule is Cn1ccnc1CCN(CCO)CC(F)F. The van der Waals surface area contributed by atoms with E-state index in [1.54, 1.807) is 11.1 Å². The fraction of sp³-hybridized carbons (Fsp3) is 0.700. The molecule has 0 saturated carbocycles. The van der Waals surface area contributed by atoms with E-state index in [0.717, 1.165) is 5.82 Å². The molecule has 0 atom stereocenters. The molecule has 0 bridgehead atoms. The molecule has 1 rings (SSSR count). The number of hydrogen-bond donors (Lipinski definition) is 1. The van der Waals surface area contributed by atoms with Gasteiger partial charge >= 0.3 is 0 Å². The van der Waals surface area contributed by atoms with Crippen molar-refractivity contribution in [2.45, 2.75) is 12.8 Å². The van der Waals surface area contributed by atoms with Crippen LogP contribution in [0.3, 0.4) is 0 Å². The van der Waals surface area contributed by atoms with E-state index in [2.05, 4.69) is 4.98 Å². The van der Waals surface area contributed by atoms with E-state index in [1.807, 2.05) is 17.8 Å². The number of hydrogen-bond acceptors (Lipinski definition) is 3. The average molecular weight is 233 g/mol. The number of halogens is 2. The third-order valence-corrected chi connectivity index (χ3v) is 2.39. The van der Waals surface area contributed by atoms with Gasteiger partial charge in [0, 0.05) is 39.0 Å². The molecule has 0 aliphatic heterocycles. The maximum Gasteiger partial charge on any atom is 0.251 e. The van der Waals surface area contributed by atoms with Gasteiger partial charge in [-0.3, -0.25) is 4.90 Å². The molecule has 0 radical (unpaired) electrons. The summed E-state index contributed by atoms with van der Waals surface area (Å²) >= 11 is 0. The number of aryl methyl sites for hydroxylation is 1. The Morgan fingerprint density at radius 3 is 2.75 bits per heavy atom. The van der Waals surface area contributed by atoms with Crippen molar-refractivity contribution in [2.24, 2.45) is 7.05 Å². The highest BCUT2D eigenvalue weighted by Crippen LogP contribution is 2.01. The lowest BCUT2D eigenvalue weighted by molar-refractivity contribution is 0.0786. The van der Waals surface area contributed by atoms with Crippen LogP contribution in [0.1, 0.15) is 5.82 Å². The lowest BCUT2D eigenvalue weighted by atomic mass is 10.3. The quantitative estimate of drug-likeness (QED) is 0.746. The van der Waals surface area contributed by atoms with E-state index in [-0.39, 0.29) is 19.7 Å². The van der Waals surface area contributed by atoms with Gasteiger partial charge < -0.3 is 9.67 Å². The van der Waals surface area contributed by atoms with Gasteiger partial charge in [0.25, 0.3) is 6.43 Å². The monoisotopic (exact) mass is 233 g/mol. The highest BCUT2D eigenvalue weighted by atomic mass is 19.3. The van der Waals surface area contributed by atoms with Crippen molar-refractivity contribution in [3.63, 3.8) is 0 Å². The second-order valence-electron chi connectivity index (χ2n) is 3.62. The van der Waals surface area contributed by atoms with Crippen molar-refractivity contribution >= 4 is 0 Å². The van der Waals surface area contributed by atoms with E-state index in [4.69, 9.17) is 5.11 Å². The van der Waals surface area contributed by atoms with Crippen LogP contribution in [0.4, 0.5) is 8.78 Å². The number of alkyl halides is 2. The molecule has 0 aromatic carbocycles. The Balaban J connectivity index is 2.40. The van der Waals surface area contributed by atoms with Crippen molar-refractivity contribution in [2.75, 3.05) is 26.2 Å². The molecule has 0 fully saturated rings. The van der Waals surface area contributed by atoms with Crippen molar-refractivity contribution in [3.05, 3.63) is 18.2 Å². The Morgan fingerprint density at radius 2 is 2.25 bits per heavy atom. The predicted octanol–water partition coefficient (Wildman–Crippen LogP) is 0.522. The van der Waals surface area contributed by atoms with Crippen LogP contribution in [0.25, 0.3) is 0 Å². The van der Waals surface area contributed by atoms with Crippen molar-refractivity contribution in [1.29, 1.82) is 0 Å². The summed E-state index contributed by atoms with van der Waals surface area (Å²) in [4.78, 5) is 5.65. The molecular weight excluding hydrogens is 216 g/mol. The van der Waals surface area contributed by atoms with Crippen LogP contribution in [0.15, 0.2) is 12.4 Å². The first-order valence-electron chi connectivity index (χ1n) is 5.21. The van der Waals surface area contributed by atoms with Gasteiger partial charge in [-0.1, -0.05) is 0 Å². The van der Waals surface area contributed by atoms with Crippen LogP contribution in [-0.2, 0) is 13.5 Å². The van der Waals surface area contributed by atoms with Gasteiger partial charge in [0.2, 0.25) is 0 Å². The predicted molar refractivity (Wildman–Crippen MR) is 56.4 cm³/mol. The standard InChI is InChI=1S/C10H17F2N3O/c1-14-5-3-13-10(14)2-4-15(6-7-16)8-9(11)12/h3,5,9,16H,2,4,6-8H2,1H3. The zero-order valence-electron chi connectivity index (χ0n) is 9.31. The minimum atomic E-state index is -2.37. The summed E-state index contributed by atoms with van der Waals surface area (Å²) < 4.78 is 26.3. The summed E-state index contributed by atoms with van der Waals surface area (Å²) in [5, 5.41) is 8.75. The number of aliphatic hydroxyl groups is 1. The third-order valence-electron chi connectivity index (χ3n) is 2.39. The Morgan fingerprint density at radius 1 is 1.50 bits per heavy atom. The topological polar surface area (TPSA) is 41.3 Å². The fourth-order valence-electron chi connectivity index (χ4n) is 1.53. The highest BCUT2D eigenvalue weighted by Gasteiger charge is 2.12. The zero-order valence-corrected chi connectivity index (χ0v) is 9.31. The van der Waals surface area contributed by atoms with Crippen LogP contribution in [-0.4, -0.2) is 52.2 Å². The van der Waals surface area contributed by atoms with Crippen LogP contribution < -0.4 is 0 Å². The maximum atomic E-state index is 12.2. The molecule has 16 heavy (non-hydrogen) atoms. The first-order chi connectivity index (χ1) is 7.63. The number of rotatable bonds is 7. The molecule has 1 aromatic heterocycles. The molecule has 1 N–H and O–H groups in total. The molecule has 0 saturated heterocycles. The Bertz CT molecular complexity index is 304. The van der Waals surface area contributed by atoms with E-state index < -0.39 is 6.43 Å². The average Bonchev–Trinajstić information content (AvgIpc) is 2.60. The van der Waals surface area contributed by atoms with E-state index in [1.165, 1.54) is 0 Å². The lowest BCUT2D eigenvalue weighted by Crippen LogP contribution is -2.33. The van der Waals surface area contributed by atoms with Gasteiger partial charge in [0.15, 0.2) is 0 Å². The first kappa shape index (κ1) is 13.1. The maximum absolute atomic E-state index is 12.2. The van der Waals surface area contributed by atoms with Gasteiger partial charge in [0.1, 0.15) is 5.82 Å². The summed E-state index contributed by atoms with van der Waals surface area (Å²) in [6.45, 7) is 0.350. The number of nitrogens with zero attached hydrogens (tertiary/aromatic N) is 3. The first-order valence-corrected chi connectivity index (χ1v) is 5.21. The van der Waals surface area contributed by atoms with Gasteiger partial charge in [0.05, 0.1) is 13.2 Å². The summed E-state index contributed by atoms with van der Waals surface area (Å²) in [7, 11) is 1.87. The molecule has 0 aliphatic rings. The summed E-state index contributed by atoms with van der Waals surface area (Å²) in [6.07, 6.45) is 1.74. The molecule has 92 valence electrons. The third kappa shape index (κ3) is 4.24. The smallest absolute Gasteiger partial charge is 0.251 e. The van der Waals surface area contributed by atoms with Gasteiger partial charge in [-0.05, 0) is 0 Å². The minimum absolute atomic E-state index is 0.104. The molecule has 1 heterocycles.